The molecule has 0 unspecified atom stereocenters. The van der Waals surface area contributed by atoms with E-state index in [1.807, 2.05) is 7.11 Å². The van der Waals surface area contributed by atoms with Gasteiger partial charge in [-0.1, -0.05) is 75.0 Å². The normalized spacial score (nSPS) is 15.2. The highest BCUT2D eigenvalue weighted by molar-refractivity contribution is 14.1. The van der Waals surface area contributed by atoms with Gasteiger partial charge in [0.25, 0.3) is 0 Å². The van der Waals surface area contributed by atoms with Crippen molar-refractivity contribution in [3.05, 3.63) is 0 Å². The van der Waals surface area contributed by atoms with Gasteiger partial charge in [0, 0.05) is 11.0 Å². The first-order chi connectivity index (χ1) is 7.26. The molecule has 92 valence electrons. The van der Waals surface area contributed by atoms with E-state index in [-0.39, 0.29) is 0 Å². The van der Waals surface area contributed by atoms with Gasteiger partial charge in [-0.05, 0) is 12.8 Å². The number of methoxy groups -OCH3 is 1. The first-order valence-corrected chi connectivity index (χ1v) is 7.67. The van der Waals surface area contributed by atoms with Crippen molar-refractivity contribution in [3.8, 4) is 0 Å². The summed E-state index contributed by atoms with van der Waals surface area (Å²) < 4.78 is 6.15. The number of halogens is 1. The van der Waals surface area contributed by atoms with E-state index in [0.717, 1.165) is 6.42 Å². The highest BCUT2D eigenvalue weighted by Gasteiger charge is 2.15. The van der Waals surface area contributed by atoms with Crippen molar-refractivity contribution in [2.24, 2.45) is 0 Å². The third-order valence-electron chi connectivity index (χ3n) is 2.94. The van der Waals surface area contributed by atoms with Crippen molar-refractivity contribution in [1.29, 1.82) is 0 Å². The molecule has 0 aliphatic rings. The maximum absolute atomic E-state index is 5.45. The molecule has 0 amide bonds. The molecule has 0 fully saturated rings. The Balaban J connectivity index is 3.33. The Morgan fingerprint density at radius 3 is 2.13 bits per heavy atom. The van der Waals surface area contributed by atoms with Gasteiger partial charge >= 0.3 is 0 Å². The van der Waals surface area contributed by atoms with Gasteiger partial charge in [-0.25, -0.2) is 0 Å². The molecular formula is C13H27IO. The lowest BCUT2D eigenvalue weighted by Gasteiger charge is -2.19. The van der Waals surface area contributed by atoms with Crippen molar-refractivity contribution in [2.75, 3.05) is 7.11 Å². The van der Waals surface area contributed by atoms with Crippen LogP contribution in [0.5, 0.6) is 0 Å². The molecule has 0 rings (SSSR count). The molecule has 2 atom stereocenters. The van der Waals surface area contributed by atoms with Crippen LogP contribution < -0.4 is 0 Å². The van der Waals surface area contributed by atoms with Crippen LogP contribution in [0.2, 0.25) is 0 Å². The molecule has 1 nitrogen and oxygen atoms in total. The van der Waals surface area contributed by atoms with Crippen LogP contribution >= 0.6 is 22.6 Å². The van der Waals surface area contributed by atoms with Crippen molar-refractivity contribution < 1.29 is 4.74 Å². The second-order valence-corrected chi connectivity index (χ2v) is 5.85. The third-order valence-corrected chi connectivity index (χ3v) is 4.37. The second kappa shape index (κ2) is 11.2. The molecule has 0 aromatic carbocycles. The van der Waals surface area contributed by atoms with Gasteiger partial charge in [0.05, 0.1) is 6.10 Å². The maximum atomic E-state index is 5.45. The Hall–Kier alpha value is 0.690. The summed E-state index contributed by atoms with van der Waals surface area (Å²) in [5.41, 5.74) is 0. The predicted octanol–water partition coefficient (Wildman–Crippen LogP) is 4.97. The first kappa shape index (κ1) is 15.7. The zero-order valence-corrected chi connectivity index (χ0v) is 12.8. The van der Waals surface area contributed by atoms with E-state index in [9.17, 15) is 0 Å². The van der Waals surface area contributed by atoms with E-state index >= 15 is 0 Å². The summed E-state index contributed by atoms with van der Waals surface area (Å²) in [5.74, 6) is 0. The number of hydrogen-bond acceptors (Lipinski definition) is 1. The summed E-state index contributed by atoms with van der Waals surface area (Å²) in [6.07, 6.45) is 11.3. The molecule has 0 saturated heterocycles. The van der Waals surface area contributed by atoms with Gasteiger partial charge in [-0.15, -0.1) is 0 Å². The van der Waals surface area contributed by atoms with E-state index in [2.05, 4.69) is 36.4 Å². The molecule has 0 bridgehead atoms. The van der Waals surface area contributed by atoms with Gasteiger partial charge in [-0.2, -0.15) is 0 Å². The monoisotopic (exact) mass is 326 g/mol. The second-order valence-electron chi connectivity index (χ2n) is 4.25. The van der Waals surface area contributed by atoms with Crippen LogP contribution in [0.25, 0.3) is 0 Å². The van der Waals surface area contributed by atoms with Gasteiger partial charge in [0.15, 0.2) is 0 Å². The van der Waals surface area contributed by atoms with Crippen LogP contribution in [-0.2, 0) is 4.74 Å². The Kier molecular flexibility index (Phi) is 11.7. The molecule has 0 radical (unpaired) electrons. The molecule has 0 N–H and O–H groups in total. The van der Waals surface area contributed by atoms with Gasteiger partial charge in [0.2, 0.25) is 0 Å². The standard InChI is InChI=1S/C13H27IO/c1-4-6-7-8-9-10-11-12(14)13(5-2)15-3/h12-13H,4-11H2,1-3H3/t12-,13+/m0/s1. The van der Waals surface area contributed by atoms with Crippen LogP contribution in [0.1, 0.15) is 65.2 Å². The Labute approximate surface area is 109 Å². The Bertz CT molecular complexity index is 124. The lowest BCUT2D eigenvalue weighted by Crippen LogP contribution is -2.21. The zero-order valence-electron chi connectivity index (χ0n) is 10.6. The fourth-order valence-electron chi connectivity index (χ4n) is 1.88. The lowest BCUT2D eigenvalue weighted by molar-refractivity contribution is 0.0984. The summed E-state index contributed by atoms with van der Waals surface area (Å²) in [5, 5.41) is 0. The minimum absolute atomic E-state index is 0.459. The van der Waals surface area contributed by atoms with Crippen LogP contribution in [0.4, 0.5) is 0 Å². The van der Waals surface area contributed by atoms with E-state index in [1.54, 1.807) is 0 Å². The first-order valence-electron chi connectivity index (χ1n) is 6.43. The highest BCUT2D eigenvalue weighted by atomic mass is 127. The molecule has 2 heteroatoms. The van der Waals surface area contributed by atoms with Crippen molar-refractivity contribution in [1.82, 2.24) is 0 Å². The fourth-order valence-corrected chi connectivity index (χ4v) is 3.12. The van der Waals surface area contributed by atoms with Crippen molar-refractivity contribution in [2.45, 2.75) is 75.2 Å². The molecular weight excluding hydrogens is 299 g/mol. The minimum Gasteiger partial charge on any atom is -0.380 e. The van der Waals surface area contributed by atoms with Gasteiger partial charge in [0.1, 0.15) is 0 Å². The minimum atomic E-state index is 0.459. The summed E-state index contributed by atoms with van der Waals surface area (Å²) in [7, 11) is 1.83. The highest BCUT2D eigenvalue weighted by Crippen LogP contribution is 2.20. The van der Waals surface area contributed by atoms with Crippen LogP contribution in [-0.4, -0.2) is 17.1 Å². The van der Waals surface area contributed by atoms with E-state index in [4.69, 9.17) is 4.74 Å². The summed E-state index contributed by atoms with van der Waals surface area (Å²) in [4.78, 5) is 0. The smallest absolute Gasteiger partial charge is 0.0686 e. The molecule has 15 heavy (non-hydrogen) atoms. The average Bonchev–Trinajstić information content (AvgIpc) is 2.25. The molecule has 0 heterocycles. The SMILES string of the molecule is CCCCCCCC[C@H](I)[C@@H](CC)OC. The number of ether oxygens (including phenoxy) is 1. The number of unbranched alkanes of at least 4 members (excludes halogenated alkanes) is 5. The van der Waals surface area contributed by atoms with Crippen LogP contribution in [0, 0.1) is 0 Å². The van der Waals surface area contributed by atoms with Crippen LogP contribution in [0.3, 0.4) is 0 Å². The Morgan fingerprint density at radius 2 is 1.60 bits per heavy atom. The largest absolute Gasteiger partial charge is 0.380 e. The molecule has 0 aromatic rings. The van der Waals surface area contributed by atoms with Crippen molar-refractivity contribution in [3.63, 3.8) is 0 Å². The van der Waals surface area contributed by atoms with Crippen LogP contribution in [0.15, 0.2) is 0 Å². The van der Waals surface area contributed by atoms with Gasteiger partial charge in [-0.3, -0.25) is 0 Å². The van der Waals surface area contributed by atoms with Crippen molar-refractivity contribution >= 4 is 22.6 Å². The summed E-state index contributed by atoms with van der Waals surface area (Å²) in [6, 6.07) is 0. The quantitative estimate of drug-likeness (QED) is 0.313. The zero-order chi connectivity index (χ0) is 11.5. The summed E-state index contributed by atoms with van der Waals surface area (Å²) >= 11 is 2.55. The predicted molar refractivity (Wildman–Crippen MR) is 76.9 cm³/mol. The molecule has 0 aliphatic carbocycles. The number of alkyl halides is 1. The number of rotatable bonds is 10. The Morgan fingerprint density at radius 1 is 1.00 bits per heavy atom. The van der Waals surface area contributed by atoms with E-state index < -0.39 is 0 Å². The average molecular weight is 326 g/mol. The third kappa shape index (κ3) is 8.49. The topological polar surface area (TPSA) is 9.23 Å². The van der Waals surface area contributed by atoms with E-state index in [1.165, 1.54) is 44.9 Å². The fraction of sp³-hybridized carbons (Fsp3) is 1.00. The number of hydrogen-bond donors (Lipinski definition) is 0. The summed E-state index contributed by atoms with van der Waals surface area (Å²) in [6.45, 7) is 4.48. The molecule has 0 saturated carbocycles. The molecule has 0 spiro atoms. The molecule has 0 aliphatic heterocycles. The van der Waals surface area contributed by atoms with Gasteiger partial charge < -0.3 is 4.74 Å². The molecule has 0 aromatic heterocycles. The maximum Gasteiger partial charge on any atom is 0.0686 e. The lowest BCUT2D eigenvalue weighted by atomic mass is 10.1. The van der Waals surface area contributed by atoms with E-state index in [0.29, 0.717) is 10.0 Å².